The first-order valence-electron chi connectivity index (χ1n) is 10.8. The van der Waals surface area contributed by atoms with Crippen molar-refractivity contribution >= 4 is 27.6 Å². The Hall–Kier alpha value is -3.13. The maximum absolute atomic E-state index is 5.58. The molecule has 1 unspecified atom stereocenters. The predicted molar refractivity (Wildman–Crippen MR) is 122 cm³/mol. The van der Waals surface area contributed by atoms with E-state index in [1.54, 1.807) is 0 Å². The highest BCUT2D eigenvalue weighted by Gasteiger charge is 2.24. The SMILES string of the molecule is c1cc(-c2cc(N3CCOCC3)nc3c(C4CCNN4)nccc23)c2cccnc2c1. The predicted octanol–water partition coefficient (Wildman–Crippen LogP) is 3.22. The maximum atomic E-state index is 5.58. The number of nitrogens with one attached hydrogen (secondary N) is 2. The second-order valence-corrected chi connectivity index (χ2v) is 8.01. The summed E-state index contributed by atoms with van der Waals surface area (Å²) >= 11 is 0. The minimum Gasteiger partial charge on any atom is -0.378 e. The summed E-state index contributed by atoms with van der Waals surface area (Å²) in [7, 11) is 0. The Balaban J connectivity index is 1.63. The number of nitrogens with zero attached hydrogens (tertiary/aromatic N) is 4. The molecule has 2 aliphatic heterocycles. The average Bonchev–Trinajstić information content (AvgIpc) is 3.38. The van der Waals surface area contributed by atoms with Crippen molar-refractivity contribution in [1.82, 2.24) is 25.8 Å². The van der Waals surface area contributed by atoms with Crippen LogP contribution in [0.3, 0.4) is 0 Å². The average molecular weight is 412 g/mol. The normalized spacial score (nSPS) is 19.4. The minimum atomic E-state index is 0.151. The van der Waals surface area contributed by atoms with E-state index < -0.39 is 0 Å². The van der Waals surface area contributed by atoms with E-state index in [1.165, 1.54) is 11.1 Å². The summed E-state index contributed by atoms with van der Waals surface area (Å²) in [4.78, 5) is 16.8. The maximum Gasteiger partial charge on any atom is 0.130 e. The minimum absolute atomic E-state index is 0.151. The van der Waals surface area contributed by atoms with Crippen LogP contribution in [-0.2, 0) is 4.74 Å². The third-order valence-corrected chi connectivity index (χ3v) is 6.18. The number of pyridine rings is 3. The smallest absolute Gasteiger partial charge is 0.130 e. The molecule has 3 aromatic heterocycles. The molecule has 156 valence electrons. The molecule has 1 aromatic carbocycles. The Morgan fingerprint density at radius 1 is 0.935 bits per heavy atom. The summed E-state index contributed by atoms with van der Waals surface area (Å²) in [5, 5.41) is 2.26. The number of hydrogen-bond donors (Lipinski definition) is 2. The molecule has 0 aliphatic carbocycles. The van der Waals surface area contributed by atoms with E-state index >= 15 is 0 Å². The van der Waals surface area contributed by atoms with E-state index in [4.69, 9.17) is 14.7 Å². The second-order valence-electron chi connectivity index (χ2n) is 8.01. The number of anilines is 1. The molecule has 1 atom stereocenters. The molecule has 31 heavy (non-hydrogen) atoms. The zero-order chi connectivity index (χ0) is 20.6. The highest BCUT2D eigenvalue weighted by atomic mass is 16.5. The highest BCUT2D eigenvalue weighted by Crippen LogP contribution is 2.37. The summed E-state index contributed by atoms with van der Waals surface area (Å²) in [6.07, 6.45) is 4.74. The van der Waals surface area contributed by atoms with Crippen molar-refractivity contribution in [2.24, 2.45) is 0 Å². The Morgan fingerprint density at radius 2 is 1.87 bits per heavy atom. The van der Waals surface area contributed by atoms with Crippen LogP contribution in [0.5, 0.6) is 0 Å². The fourth-order valence-corrected chi connectivity index (χ4v) is 4.62. The van der Waals surface area contributed by atoms with Gasteiger partial charge >= 0.3 is 0 Å². The van der Waals surface area contributed by atoms with Gasteiger partial charge in [0, 0.05) is 42.8 Å². The molecule has 2 saturated heterocycles. The largest absolute Gasteiger partial charge is 0.378 e. The van der Waals surface area contributed by atoms with E-state index in [0.29, 0.717) is 0 Å². The summed E-state index contributed by atoms with van der Waals surface area (Å²) in [6, 6.07) is 14.9. The van der Waals surface area contributed by atoms with E-state index in [-0.39, 0.29) is 6.04 Å². The van der Waals surface area contributed by atoms with Crippen LogP contribution < -0.4 is 15.8 Å². The summed E-state index contributed by atoms with van der Waals surface area (Å²) in [5.74, 6) is 0.979. The van der Waals surface area contributed by atoms with Gasteiger partial charge in [0.2, 0.25) is 0 Å². The molecular weight excluding hydrogens is 388 g/mol. The Morgan fingerprint density at radius 3 is 2.74 bits per heavy atom. The van der Waals surface area contributed by atoms with E-state index in [2.05, 4.69) is 57.1 Å². The number of hydrogen-bond acceptors (Lipinski definition) is 7. The lowest BCUT2D eigenvalue weighted by Gasteiger charge is -2.29. The van der Waals surface area contributed by atoms with Crippen molar-refractivity contribution in [1.29, 1.82) is 0 Å². The first-order chi connectivity index (χ1) is 15.4. The molecule has 4 aromatic rings. The van der Waals surface area contributed by atoms with Gasteiger partial charge < -0.3 is 9.64 Å². The summed E-state index contributed by atoms with van der Waals surface area (Å²) in [5.41, 5.74) is 11.9. The number of fused-ring (bicyclic) bond motifs is 2. The second kappa shape index (κ2) is 7.85. The van der Waals surface area contributed by atoms with Crippen LogP contribution >= 0.6 is 0 Å². The molecule has 2 N–H and O–H groups in total. The van der Waals surface area contributed by atoms with Crippen molar-refractivity contribution < 1.29 is 4.74 Å². The molecule has 7 nitrogen and oxygen atoms in total. The van der Waals surface area contributed by atoms with Gasteiger partial charge in [0.05, 0.1) is 36.0 Å². The first kappa shape index (κ1) is 18.6. The zero-order valence-corrected chi connectivity index (χ0v) is 17.2. The Labute approximate surface area is 180 Å². The number of ether oxygens (including phenoxy) is 1. The molecule has 7 heteroatoms. The molecule has 0 bridgehead atoms. The number of morpholine rings is 1. The van der Waals surface area contributed by atoms with Crippen molar-refractivity contribution in [3.8, 4) is 11.1 Å². The quantitative estimate of drug-likeness (QED) is 0.535. The van der Waals surface area contributed by atoms with Gasteiger partial charge in [0.25, 0.3) is 0 Å². The van der Waals surface area contributed by atoms with Crippen molar-refractivity contribution in [2.75, 3.05) is 37.7 Å². The number of aromatic nitrogens is 3. The van der Waals surface area contributed by atoms with Gasteiger partial charge in [0.1, 0.15) is 5.82 Å². The van der Waals surface area contributed by atoms with Gasteiger partial charge in [-0.3, -0.25) is 15.4 Å². The molecule has 0 radical (unpaired) electrons. The monoisotopic (exact) mass is 412 g/mol. The zero-order valence-electron chi connectivity index (χ0n) is 17.2. The van der Waals surface area contributed by atoms with Crippen LogP contribution in [-0.4, -0.2) is 47.8 Å². The van der Waals surface area contributed by atoms with E-state index in [0.717, 1.165) is 72.6 Å². The van der Waals surface area contributed by atoms with Gasteiger partial charge in [0.15, 0.2) is 0 Å². The lowest BCUT2D eigenvalue weighted by atomic mass is 9.96. The van der Waals surface area contributed by atoms with Crippen molar-refractivity contribution in [3.05, 3.63) is 60.6 Å². The lowest BCUT2D eigenvalue weighted by molar-refractivity contribution is 0.122. The molecule has 0 amide bonds. The van der Waals surface area contributed by atoms with Crippen LogP contribution in [0.25, 0.3) is 32.9 Å². The van der Waals surface area contributed by atoms with Crippen molar-refractivity contribution in [3.63, 3.8) is 0 Å². The Kier molecular flexibility index (Phi) is 4.71. The van der Waals surface area contributed by atoms with Crippen LogP contribution in [0.15, 0.2) is 54.9 Å². The third-order valence-electron chi connectivity index (χ3n) is 6.18. The molecule has 2 aliphatic rings. The van der Waals surface area contributed by atoms with Gasteiger partial charge in [-0.25, -0.2) is 10.4 Å². The number of hydrazine groups is 1. The lowest BCUT2D eigenvalue weighted by Crippen LogP contribution is -2.36. The van der Waals surface area contributed by atoms with Gasteiger partial charge in [-0.1, -0.05) is 18.2 Å². The van der Waals surface area contributed by atoms with Crippen LogP contribution in [0.2, 0.25) is 0 Å². The van der Waals surface area contributed by atoms with Gasteiger partial charge in [-0.15, -0.1) is 0 Å². The van der Waals surface area contributed by atoms with E-state index in [1.807, 2.05) is 18.5 Å². The number of rotatable bonds is 3. The van der Waals surface area contributed by atoms with E-state index in [9.17, 15) is 0 Å². The third kappa shape index (κ3) is 3.31. The molecule has 0 saturated carbocycles. The fraction of sp³-hybridized carbons (Fsp3) is 0.292. The summed E-state index contributed by atoms with van der Waals surface area (Å²) < 4.78 is 5.58. The van der Waals surface area contributed by atoms with Crippen LogP contribution in [0.1, 0.15) is 18.2 Å². The topological polar surface area (TPSA) is 75.2 Å². The first-order valence-corrected chi connectivity index (χ1v) is 10.8. The molecule has 5 heterocycles. The summed E-state index contributed by atoms with van der Waals surface area (Å²) in [6.45, 7) is 4.05. The van der Waals surface area contributed by atoms with Crippen LogP contribution in [0.4, 0.5) is 5.82 Å². The van der Waals surface area contributed by atoms with Gasteiger partial charge in [-0.05, 0) is 41.8 Å². The Bertz CT molecular complexity index is 1240. The van der Waals surface area contributed by atoms with Gasteiger partial charge in [-0.2, -0.15) is 0 Å². The van der Waals surface area contributed by atoms with Crippen LogP contribution in [0, 0.1) is 0 Å². The molecular formula is C24H24N6O. The van der Waals surface area contributed by atoms with Crippen molar-refractivity contribution in [2.45, 2.75) is 12.5 Å². The highest BCUT2D eigenvalue weighted by molar-refractivity contribution is 6.05. The molecule has 6 rings (SSSR count). The molecule has 0 spiro atoms. The standard InChI is InChI=1S/C24H24N6O/c1-3-16(17-4-2-8-25-20(17)5-1)19-15-22(30-11-13-31-14-12-30)28-23-18(19)6-9-26-24(23)21-7-10-27-29-21/h1-6,8-9,15,21,27,29H,7,10-14H2. The fourth-order valence-electron chi connectivity index (χ4n) is 4.62. The molecule has 2 fully saturated rings. The number of benzene rings is 1.